The van der Waals surface area contributed by atoms with Crippen molar-refractivity contribution in [2.75, 3.05) is 4.72 Å². The monoisotopic (exact) mass is 321 g/mol. The van der Waals surface area contributed by atoms with Gasteiger partial charge in [0.05, 0.1) is 16.2 Å². The van der Waals surface area contributed by atoms with E-state index in [-0.39, 0.29) is 4.90 Å². The molecule has 2 N–H and O–H groups in total. The van der Waals surface area contributed by atoms with Crippen LogP contribution in [0.3, 0.4) is 0 Å². The van der Waals surface area contributed by atoms with Gasteiger partial charge in [0.1, 0.15) is 4.90 Å². The molecule has 0 saturated heterocycles. The molecule has 0 amide bonds. The van der Waals surface area contributed by atoms with Crippen LogP contribution >= 0.6 is 11.6 Å². The van der Waals surface area contributed by atoms with Gasteiger partial charge in [-0.05, 0) is 24.6 Å². The lowest BCUT2D eigenvalue weighted by molar-refractivity contribution is 0.600. The fourth-order valence-electron chi connectivity index (χ4n) is 2.08. The Morgan fingerprint density at radius 1 is 1.29 bits per heavy atom. The minimum Gasteiger partial charge on any atom is -0.358 e. The maximum atomic E-state index is 12.4. The average molecular weight is 322 g/mol. The van der Waals surface area contributed by atoms with Crippen LogP contribution in [0.1, 0.15) is 5.56 Å². The Bertz CT molecular complexity index is 919. The molecule has 21 heavy (non-hydrogen) atoms. The van der Waals surface area contributed by atoms with Gasteiger partial charge < -0.3 is 4.98 Å². The Morgan fingerprint density at radius 2 is 2.10 bits per heavy atom. The van der Waals surface area contributed by atoms with Crippen LogP contribution in [0.15, 0.2) is 47.8 Å². The van der Waals surface area contributed by atoms with Gasteiger partial charge in [-0.1, -0.05) is 23.7 Å². The number of aromatic nitrogens is 2. The van der Waals surface area contributed by atoms with Crippen molar-refractivity contribution in [3.63, 3.8) is 0 Å². The Morgan fingerprint density at radius 3 is 2.86 bits per heavy atom. The van der Waals surface area contributed by atoms with E-state index < -0.39 is 10.0 Å². The molecule has 0 atom stereocenters. The lowest BCUT2D eigenvalue weighted by Gasteiger charge is -2.09. The summed E-state index contributed by atoms with van der Waals surface area (Å²) in [7, 11) is -3.69. The number of hydrogen-bond donors (Lipinski definition) is 2. The average Bonchev–Trinajstić information content (AvgIpc) is 2.82. The fourth-order valence-corrected chi connectivity index (χ4v) is 3.41. The number of hydrogen-bond acceptors (Lipinski definition) is 3. The van der Waals surface area contributed by atoms with E-state index in [2.05, 4.69) is 14.7 Å². The highest BCUT2D eigenvalue weighted by molar-refractivity contribution is 7.92. The van der Waals surface area contributed by atoms with Crippen molar-refractivity contribution in [2.24, 2.45) is 0 Å². The third kappa shape index (κ3) is 2.59. The predicted molar refractivity (Wildman–Crippen MR) is 83.1 cm³/mol. The molecule has 0 unspecified atom stereocenters. The van der Waals surface area contributed by atoms with Crippen molar-refractivity contribution >= 4 is 38.2 Å². The van der Waals surface area contributed by atoms with Crippen molar-refractivity contribution in [3.05, 3.63) is 53.4 Å². The number of pyridine rings is 1. The number of anilines is 1. The second-order valence-electron chi connectivity index (χ2n) is 4.67. The summed E-state index contributed by atoms with van der Waals surface area (Å²) in [4.78, 5) is 7.00. The van der Waals surface area contributed by atoms with Gasteiger partial charge in [-0.25, -0.2) is 8.42 Å². The molecule has 0 bridgehead atoms. The zero-order valence-corrected chi connectivity index (χ0v) is 12.7. The van der Waals surface area contributed by atoms with Crippen LogP contribution in [0.5, 0.6) is 0 Å². The number of aromatic amines is 1. The maximum absolute atomic E-state index is 12.4. The number of halogens is 1. The Hall–Kier alpha value is -2.05. The maximum Gasteiger partial charge on any atom is 0.263 e. The summed E-state index contributed by atoms with van der Waals surface area (Å²) in [6.45, 7) is 1.79. The highest BCUT2D eigenvalue weighted by Gasteiger charge is 2.17. The molecule has 0 saturated carbocycles. The van der Waals surface area contributed by atoms with E-state index in [0.29, 0.717) is 16.2 Å². The highest BCUT2D eigenvalue weighted by Crippen LogP contribution is 2.29. The third-order valence-electron chi connectivity index (χ3n) is 3.07. The summed E-state index contributed by atoms with van der Waals surface area (Å²) in [5.41, 5.74) is 1.87. The molecule has 3 rings (SSSR count). The van der Waals surface area contributed by atoms with Crippen molar-refractivity contribution in [3.8, 4) is 0 Å². The fraction of sp³-hybridized carbons (Fsp3) is 0.0714. The van der Waals surface area contributed by atoms with Gasteiger partial charge >= 0.3 is 0 Å². The zero-order chi connectivity index (χ0) is 15.0. The SMILES string of the molecule is Cc1cncc(S(=O)(=O)Nc2cccc3c(Cl)c[nH]c23)c1. The van der Waals surface area contributed by atoms with Gasteiger partial charge in [0, 0.05) is 24.0 Å². The van der Waals surface area contributed by atoms with Gasteiger partial charge in [0.25, 0.3) is 10.0 Å². The largest absolute Gasteiger partial charge is 0.358 e. The lowest BCUT2D eigenvalue weighted by atomic mass is 10.2. The van der Waals surface area contributed by atoms with Crippen molar-refractivity contribution < 1.29 is 8.42 Å². The molecule has 2 heterocycles. The van der Waals surface area contributed by atoms with Crippen LogP contribution in [-0.2, 0) is 10.0 Å². The van der Waals surface area contributed by atoms with E-state index >= 15 is 0 Å². The van der Waals surface area contributed by atoms with Gasteiger partial charge in [0.2, 0.25) is 0 Å². The van der Waals surface area contributed by atoms with E-state index in [9.17, 15) is 8.42 Å². The summed E-state index contributed by atoms with van der Waals surface area (Å²) in [5.74, 6) is 0. The number of nitrogens with zero attached hydrogens (tertiary/aromatic N) is 1. The number of aryl methyl sites for hydroxylation is 1. The number of H-pyrrole nitrogens is 1. The summed E-state index contributed by atoms with van der Waals surface area (Å²) in [5, 5.41) is 1.31. The molecular formula is C14H12ClN3O2S. The van der Waals surface area contributed by atoms with Gasteiger partial charge in [-0.2, -0.15) is 0 Å². The molecule has 0 aliphatic rings. The van der Waals surface area contributed by atoms with Crippen LogP contribution < -0.4 is 4.72 Å². The highest BCUT2D eigenvalue weighted by atomic mass is 35.5. The van der Waals surface area contributed by atoms with Crippen LogP contribution in [0.2, 0.25) is 5.02 Å². The molecule has 0 radical (unpaired) electrons. The van der Waals surface area contributed by atoms with Crippen LogP contribution in [0.25, 0.3) is 10.9 Å². The molecule has 0 aliphatic heterocycles. The molecule has 0 fully saturated rings. The first-order valence-electron chi connectivity index (χ1n) is 6.17. The summed E-state index contributed by atoms with van der Waals surface area (Å²) < 4.78 is 27.4. The molecule has 1 aromatic carbocycles. The summed E-state index contributed by atoms with van der Waals surface area (Å²) >= 11 is 6.04. The molecule has 0 aliphatic carbocycles. The van der Waals surface area contributed by atoms with Crippen LogP contribution in [-0.4, -0.2) is 18.4 Å². The summed E-state index contributed by atoms with van der Waals surface area (Å²) in [6.07, 6.45) is 4.54. The Labute approximate surface area is 127 Å². The first-order chi connectivity index (χ1) is 9.97. The molecule has 5 nitrogen and oxygen atoms in total. The number of fused-ring (bicyclic) bond motifs is 1. The number of nitrogens with one attached hydrogen (secondary N) is 2. The van der Waals surface area contributed by atoms with Gasteiger partial charge in [-0.15, -0.1) is 0 Å². The van der Waals surface area contributed by atoms with E-state index in [1.54, 1.807) is 37.5 Å². The molecule has 108 valence electrons. The lowest BCUT2D eigenvalue weighted by Crippen LogP contribution is -2.13. The third-order valence-corrected chi connectivity index (χ3v) is 4.71. The Kier molecular flexibility index (Phi) is 3.35. The molecular weight excluding hydrogens is 310 g/mol. The molecule has 3 aromatic rings. The number of benzene rings is 1. The number of sulfonamides is 1. The van der Waals surface area contributed by atoms with Gasteiger partial charge in [-0.3, -0.25) is 9.71 Å². The van der Waals surface area contributed by atoms with Crippen molar-refractivity contribution in [2.45, 2.75) is 11.8 Å². The second-order valence-corrected chi connectivity index (χ2v) is 6.76. The molecule has 7 heteroatoms. The van der Waals surface area contributed by atoms with E-state index in [0.717, 1.165) is 10.9 Å². The normalized spacial score (nSPS) is 11.7. The first kappa shape index (κ1) is 13.9. The van der Waals surface area contributed by atoms with Crippen molar-refractivity contribution in [1.29, 1.82) is 0 Å². The number of rotatable bonds is 3. The van der Waals surface area contributed by atoms with E-state index in [1.807, 2.05) is 6.07 Å². The topological polar surface area (TPSA) is 74.8 Å². The van der Waals surface area contributed by atoms with E-state index in [4.69, 9.17) is 11.6 Å². The minimum atomic E-state index is -3.69. The first-order valence-corrected chi connectivity index (χ1v) is 8.03. The standard InChI is InChI=1S/C14H12ClN3O2S/c1-9-5-10(7-16-6-9)21(19,20)18-13-4-2-3-11-12(15)8-17-14(11)13/h2-8,17-18H,1H3. The van der Waals surface area contributed by atoms with E-state index in [1.165, 1.54) is 6.20 Å². The smallest absolute Gasteiger partial charge is 0.263 e. The zero-order valence-electron chi connectivity index (χ0n) is 11.1. The second kappa shape index (κ2) is 5.05. The molecule has 0 spiro atoms. The molecule has 2 aromatic heterocycles. The number of para-hydroxylation sites is 1. The minimum absolute atomic E-state index is 0.122. The Balaban J connectivity index is 2.05. The van der Waals surface area contributed by atoms with Gasteiger partial charge in [0.15, 0.2) is 0 Å². The van der Waals surface area contributed by atoms with Crippen molar-refractivity contribution in [1.82, 2.24) is 9.97 Å². The predicted octanol–water partition coefficient (Wildman–Crippen LogP) is 3.33. The van der Waals surface area contributed by atoms with Crippen LogP contribution in [0, 0.1) is 6.92 Å². The quantitative estimate of drug-likeness (QED) is 0.777. The van der Waals surface area contributed by atoms with Crippen LogP contribution in [0.4, 0.5) is 5.69 Å². The summed E-state index contributed by atoms with van der Waals surface area (Å²) in [6, 6.07) is 6.81.